The lowest BCUT2D eigenvalue weighted by Gasteiger charge is -1.99. The predicted molar refractivity (Wildman–Crippen MR) is 81.3 cm³/mol. The molecule has 0 saturated heterocycles. The van der Waals surface area contributed by atoms with E-state index in [-0.39, 0.29) is 17.5 Å². The Balaban J connectivity index is 1.70. The number of rotatable bonds is 5. The van der Waals surface area contributed by atoms with Gasteiger partial charge < -0.3 is 9.15 Å². The molecule has 23 heavy (non-hydrogen) atoms. The summed E-state index contributed by atoms with van der Waals surface area (Å²) in [4.78, 5) is 12.2. The van der Waals surface area contributed by atoms with E-state index in [0.29, 0.717) is 12.3 Å². The van der Waals surface area contributed by atoms with Gasteiger partial charge in [0.05, 0.1) is 13.5 Å². The van der Waals surface area contributed by atoms with Gasteiger partial charge in [-0.2, -0.15) is 0 Å². The van der Waals surface area contributed by atoms with E-state index in [1.807, 2.05) is 30.3 Å². The van der Waals surface area contributed by atoms with Crippen LogP contribution in [0.25, 0.3) is 0 Å². The fourth-order valence-corrected chi connectivity index (χ4v) is 2.09. The van der Waals surface area contributed by atoms with Crippen molar-refractivity contribution in [1.82, 2.24) is 20.0 Å². The fourth-order valence-electron chi connectivity index (χ4n) is 2.09. The highest BCUT2D eigenvalue weighted by Crippen LogP contribution is 2.17. The highest BCUT2D eigenvalue weighted by Gasteiger charge is 2.18. The molecule has 0 aliphatic heterocycles. The zero-order valence-electron chi connectivity index (χ0n) is 12.7. The molecule has 2 aromatic heterocycles. The van der Waals surface area contributed by atoms with Crippen LogP contribution in [-0.4, -0.2) is 33.0 Å². The second-order valence-corrected chi connectivity index (χ2v) is 4.84. The summed E-state index contributed by atoms with van der Waals surface area (Å²) < 4.78 is 12.0. The van der Waals surface area contributed by atoms with Gasteiger partial charge in [-0.1, -0.05) is 35.4 Å². The minimum atomic E-state index is -0.426. The van der Waals surface area contributed by atoms with Gasteiger partial charge in [-0.25, -0.2) is 0 Å². The first-order valence-corrected chi connectivity index (χ1v) is 6.91. The van der Waals surface area contributed by atoms with Crippen LogP contribution in [-0.2, 0) is 13.5 Å². The molecule has 1 N–H and O–H groups in total. The van der Waals surface area contributed by atoms with Gasteiger partial charge in [0.1, 0.15) is 5.56 Å². The predicted octanol–water partition coefficient (Wildman–Crippen LogP) is 1.65. The van der Waals surface area contributed by atoms with E-state index in [1.54, 1.807) is 13.2 Å². The Morgan fingerprint density at radius 3 is 2.83 bits per heavy atom. The van der Waals surface area contributed by atoms with Crippen molar-refractivity contribution in [3.05, 3.63) is 53.5 Å². The number of carbonyl (C=O) groups excluding carboxylic acids is 1. The molecule has 8 heteroatoms. The van der Waals surface area contributed by atoms with E-state index in [4.69, 9.17) is 9.15 Å². The number of nitrogens with one attached hydrogen (secondary N) is 1. The van der Waals surface area contributed by atoms with Gasteiger partial charge >= 0.3 is 6.01 Å². The molecule has 1 amide bonds. The van der Waals surface area contributed by atoms with Gasteiger partial charge in [0.2, 0.25) is 11.8 Å². The van der Waals surface area contributed by atoms with Crippen molar-refractivity contribution in [3.63, 3.8) is 0 Å². The van der Waals surface area contributed by atoms with Crippen LogP contribution in [0.1, 0.15) is 21.8 Å². The molecule has 0 radical (unpaired) electrons. The van der Waals surface area contributed by atoms with Crippen molar-refractivity contribution in [2.75, 3.05) is 12.4 Å². The molecule has 118 valence electrons. The SMILES string of the molecule is COc1nn(C)cc1C(=O)Nc1nnc(Cc2ccccc2)o1. The average molecular weight is 313 g/mol. The van der Waals surface area contributed by atoms with E-state index >= 15 is 0 Å². The number of aromatic nitrogens is 4. The van der Waals surface area contributed by atoms with Gasteiger partial charge in [0, 0.05) is 13.2 Å². The summed E-state index contributed by atoms with van der Waals surface area (Å²) in [7, 11) is 3.15. The third-order valence-electron chi connectivity index (χ3n) is 3.12. The molecule has 0 saturated carbocycles. The van der Waals surface area contributed by atoms with Crippen molar-refractivity contribution in [2.45, 2.75) is 6.42 Å². The molecule has 0 spiro atoms. The Labute approximate surface area is 132 Å². The number of ether oxygens (including phenoxy) is 1. The highest BCUT2D eigenvalue weighted by molar-refractivity contribution is 6.04. The third-order valence-corrected chi connectivity index (χ3v) is 3.12. The topological polar surface area (TPSA) is 95.1 Å². The van der Waals surface area contributed by atoms with Crippen LogP contribution < -0.4 is 10.1 Å². The van der Waals surface area contributed by atoms with Crippen LogP contribution >= 0.6 is 0 Å². The normalized spacial score (nSPS) is 10.5. The van der Waals surface area contributed by atoms with Crippen molar-refractivity contribution in [2.24, 2.45) is 7.05 Å². The van der Waals surface area contributed by atoms with Crippen LogP contribution in [0, 0.1) is 0 Å². The number of benzene rings is 1. The molecule has 0 aliphatic rings. The summed E-state index contributed by atoms with van der Waals surface area (Å²) in [6.45, 7) is 0. The largest absolute Gasteiger partial charge is 0.479 e. The summed E-state index contributed by atoms with van der Waals surface area (Å²) in [6.07, 6.45) is 2.05. The molecule has 2 heterocycles. The Kier molecular flexibility index (Phi) is 4.05. The van der Waals surface area contributed by atoms with Crippen molar-refractivity contribution in [1.29, 1.82) is 0 Å². The minimum Gasteiger partial charge on any atom is -0.479 e. The number of carbonyl (C=O) groups is 1. The number of aryl methyl sites for hydroxylation is 1. The minimum absolute atomic E-state index is 0.0341. The fraction of sp³-hybridized carbons (Fsp3) is 0.200. The number of amides is 1. The maximum Gasteiger partial charge on any atom is 0.322 e. The summed E-state index contributed by atoms with van der Waals surface area (Å²) in [5, 5.41) is 14.3. The van der Waals surface area contributed by atoms with E-state index in [9.17, 15) is 4.79 Å². The number of hydrogen-bond donors (Lipinski definition) is 1. The molecule has 8 nitrogen and oxygen atoms in total. The average Bonchev–Trinajstić information content (AvgIpc) is 3.14. The Hall–Kier alpha value is -3.16. The molecule has 0 atom stereocenters. The van der Waals surface area contributed by atoms with Crippen LogP contribution in [0.15, 0.2) is 40.9 Å². The Morgan fingerprint density at radius 2 is 2.09 bits per heavy atom. The van der Waals surface area contributed by atoms with Gasteiger partial charge in [0.25, 0.3) is 5.91 Å². The maximum absolute atomic E-state index is 12.2. The van der Waals surface area contributed by atoms with Gasteiger partial charge in [-0.15, -0.1) is 10.2 Å². The van der Waals surface area contributed by atoms with Crippen LogP contribution in [0.4, 0.5) is 6.01 Å². The zero-order valence-corrected chi connectivity index (χ0v) is 12.7. The lowest BCUT2D eigenvalue weighted by atomic mass is 10.2. The molecular weight excluding hydrogens is 298 g/mol. The van der Waals surface area contributed by atoms with E-state index < -0.39 is 5.91 Å². The van der Waals surface area contributed by atoms with E-state index in [1.165, 1.54) is 11.8 Å². The highest BCUT2D eigenvalue weighted by atomic mass is 16.5. The molecule has 0 fully saturated rings. The molecule has 0 unspecified atom stereocenters. The second kappa shape index (κ2) is 6.30. The van der Waals surface area contributed by atoms with Crippen LogP contribution in [0.5, 0.6) is 5.88 Å². The van der Waals surface area contributed by atoms with Crippen molar-refractivity contribution in [3.8, 4) is 5.88 Å². The first kappa shape index (κ1) is 14.8. The lowest BCUT2D eigenvalue weighted by Crippen LogP contribution is -2.12. The molecule has 0 bridgehead atoms. The summed E-state index contributed by atoms with van der Waals surface area (Å²) in [5.74, 6) is 0.225. The smallest absolute Gasteiger partial charge is 0.322 e. The second-order valence-electron chi connectivity index (χ2n) is 4.84. The monoisotopic (exact) mass is 313 g/mol. The Bertz CT molecular complexity index is 810. The molecular formula is C15H15N5O3. The van der Waals surface area contributed by atoms with Gasteiger partial charge in [-0.05, 0) is 5.56 Å². The van der Waals surface area contributed by atoms with Crippen molar-refractivity contribution >= 4 is 11.9 Å². The molecule has 3 rings (SSSR count). The maximum atomic E-state index is 12.2. The summed E-state index contributed by atoms with van der Waals surface area (Å²) >= 11 is 0. The van der Waals surface area contributed by atoms with Crippen LogP contribution in [0.2, 0.25) is 0 Å². The number of methoxy groups -OCH3 is 1. The third kappa shape index (κ3) is 3.37. The zero-order chi connectivity index (χ0) is 16.2. The molecule has 3 aromatic rings. The molecule has 0 aliphatic carbocycles. The number of anilines is 1. The van der Waals surface area contributed by atoms with E-state index in [2.05, 4.69) is 20.6 Å². The van der Waals surface area contributed by atoms with Gasteiger partial charge in [-0.3, -0.25) is 14.8 Å². The summed E-state index contributed by atoms with van der Waals surface area (Å²) in [6, 6.07) is 9.76. The van der Waals surface area contributed by atoms with Gasteiger partial charge in [0.15, 0.2) is 0 Å². The first-order valence-electron chi connectivity index (χ1n) is 6.91. The Morgan fingerprint density at radius 1 is 1.30 bits per heavy atom. The summed E-state index contributed by atoms with van der Waals surface area (Å²) in [5.41, 5.74) is 1.33. The van der Waals surface area contributed by atoms with Crippen molar-refractivity contribution < 1.29 is 13.9 Å². The molecule has 1 aromatic carbocycles. The van der Waals surface area contributed by atoms with Crippen LogP contribution in [0.3, 0.4) is 0 Å². The van der Waals surface area contributed by atoms with E-state index in [0.717, 1.165) is 5.56 Å². The quantitative estimate of drug-likeness (QED) is 0.769. The lowest BCUT2D eigenvalue weighted by molar-refractivity contribution is 0.102. The standard InChI is InChI=1S/C15H15N5O3/c1-20-9-11(14(19-20)22-2)13(21)16-15-18-17-12(23-15)8-10-6-4-3-5-7-10/h3-7,9H,8H2,1-2H3,(H,16,18,21). The number of hydrogen-bond acceptors (Lipinski definition) is 6. The first-order chi connectivity index (χ1) is 11.2. The number of nitrogens with zero attached hydrogens (tertiary/aromatic N) is 4.